The van der Waals surface area contributed by atoms with Gasteiger partial charge in [0.2, 0.25) is 5.89 Å². The molecule has 0 fully saturated rings. The third-order valence-electron chi connectivity index (χ3n) is 2.46. The van der Waals surface area contributed by atoms with Crippen LogP contribution >= 0.6 is 15.9 Å². The molecule has 2 rings (SSSR count). The number of rotatable bonds is 3. The summed E-state index contributed by atoms with van der Waals surface area (Å²) in [7, 11) is 0. The first-order chi connectivity index (χ1) is 8.06. The van der Waals surface area contributed by atoms with E-state index in [1.165, 1.54) is 0 Å². The molecule has 0 aliphatic carbocycles. The van der Waals surface area contributed by atoms with Gasteiger partial charge in [-0.25, -0.2) is 9.97 Å². The molecule has 17 heavy (non-hydrogen) atoms. The van der Waals surface area contributed by atoms with E-state index in [2.05, 4.69) is 31.2 Å². The Labute approximate surface area is 109 Å². The van der Waals surface area contributed by atoms with Gasteiger partial charge in [-0.05, 0) is 48.3 Å². The lowest BCUT2D eigenvalue weighted by molar-refractivity contribution is 0.478. The Bertz CT molecular complexity index is 517. The molecule has 2 heterocycles. The molecule has 0 atom stereocenters. The number of aryl methyl sites for hydroxylation is 3. The van der Waals surface area contributed by atoms with Crippen molar-refractivity contribution in [2.24, 2.45) is 0 Å². The van der Waals surface area contributed by atoms with E-state index in [9.17, 15) is 0 Å². The average Bonchev–Trinajstić information content (AvgIpc) is 2.57. The number of nitrogens with zero attached hydrogens (tertiary/aromatic N) is 2. The predicted molar refractivity (Wildman–Crippen MR) is 70.0 cm³/mol. The summed E-state index contributed by atoms with van der Waals surface area (Å²) in [6.07, 6.45) is 1.82. The van der Waals surface area contributed by atoms with Gasteiger partial charge in [0.25, 0.3) is 0 Å². The van der Waals surface area contributed by atoms with Crippen molar-refractivity contribution in [1.29, 1.82) is 0 Å². The van der Waals surface area contributed by atoms with Gasteiger partial charge >= 0.3 is 0 Å². The second-order valence-corrected chi connectivity index (χ2v) is 4.80. The highest BCUT2D eigenvalue weighted by atomic mass is 79.9. The highest BCUT2D eigenvalue weighted by Crippen LogP contribution is 2.21. The van der Waals surface area contributed by atoms with Gasteiger partial charge in [0.1, 0.15) is 11.6 Å². The van der Waals surface area contributed by atoms with Crippen molar-refractivity contribution in [3.8, 4) is 0 Å². The molecule has 0 spiro atoms. The minimum atomic E-state index is 0.531. The molecule has 2 aromatic heterocycles. The molecule has 0 saturated carbocycles. The second kappa shape index (κ2) is 4.87. The van der Waals surface area contributed by atoms with Crippen LogP contribution in [0.3, 0.4) is 0 Å². The van der Waals surface area contributed by atoms with Gasteiger partial charge < -0.3 is 9.73 Å². The second-order valence-electron chi connectivity index (χ2n) is 3.95. The van der Waals surface area contributed by atoms with Crippen LogP contribution in [0.5, 0.6) is 0 Å². The van der Waals surface area contributed by atoms with Crippen molar-refractivity contribution in [3.05, 3.63) is 39.6 Å². The number of hydrogen-bond donors (Lipinski definition) is 1. The first kappa shape index (κ1) is 12.1. The SMILES string of the molecule is Cc1cnc(NCc2nc(C)c(C)o2)c(Br)c1. The molecule has 4 nitrogen and oxygen atoms in total. The van der Waals surface area contributed by atoms with E-state index in [0.717, 1.165) is 27.3 Å². The van der Waals surface area contributed by atoms with Crippen molar-refractivity contribution in [2.75, 3.05) is 5.32 Å². The number of halogens is 1. The van der Waals surface area contributed by atoms with Gasteiger partial charge in [0.05, 0.1) is 16.7 Å². The Balaban J connectivity index is 2.07. The van der Waals surface area contributed by atoms with Crippen LogP contribution < -0.4 is 5.32 Å². The van der Waals surface area contributed by atoms with Crippen molar-refractivity contribution in [1.82, 2.24) is 9.97 Å². The first-order valence-corrected chi connectivity index (χ1v) is 6.14. The van der Waals surface area contributed by atoms with Gasteiger partial charge in [-0.1, -0.05) is 0 Å². The Morgan fingerprint density at radius 3 is 2.71 bits per heavy atom. The maximum absolute atomic E-state index is 5.48. The summed E-state index contributed by atoms with van der Waals surface area (Å²) in [6.45, 7) is 6.37. The quantitative estimate of drug-likeness (QED) is 0.943. The molecule has 5 heteroatoms. The Kier molecular flexibility index (Phi) is 3.47. The third-order valence-corrected chi connectivity index (χ3v) is 3.06. The highest BCUT2D eigenvalue weighted by Gasteiger charge is 2.07. The third kappa shape index (κ3) is 2.85. The molecule has 0 saturated heterocycles. The van der Waals surface area contributed by atoms with E-state index in [1.54, 1.807) is 0 Å². The zero-order valence-corrected chi connectivity index (χ0v) is 11.6. The molecule has 2 aromatic rings. The summed E-state index contributed by atoms with van der Waals surface area (Å²) in [5, 5.41) is 3.18. The van der Waals surface area contributed by atoms with Crippen LogP contribution in [0.2, 0.25) is 0 Å². The zero-order valence-electron chi connectivity index (χ0n) is 10.0. The summed E-state index contributed by atoms with van der Waals surface area (Å²) in [5.41, 5.74) is 2.04. The number of oxazole rings is 1. The highest BCUT2D eigenvalue weighted by molar-refractivity contribution is 9.10. The van der Waals surface area contributed by atoms with Gasteiger partial charge in [0, 0.05) is 6.20 Å². The summed E-state index contributed by atoms with van der Waals surface area (Å²) in [5.74, 6) is 2.33. The van der Waals surface area contributed by atoms with Crippen molar-refractivity contribution in [3.63, 3.8) is 0 Å². The first-order valence-electron chi connectivity index (χ1n) is 5.35. The van der Waals surface area contributed by atoms with Crippen LogP contribution in [0, 0.1) is 20.8 Å². The van der Waals surface area contributed by atoms with Crippen LogP contribution in [0.25, 0.3) is 0 Å². The van der Waals surface area contributed by atoms with E-state index in [-0.39, 0.29) is 0 Å². The van der Waals surface area contributed by atoms with Gasteiger partial charge in [0.15, 0.2) is 0 Å². The topological polar surface area (TPSA) is 51.0 Å². The van der Waals surface area contributed by atoms with Crippen LogP contribution in [-0.2, 0) is 6.54 Å². The van der Waals surface area contributed by atoms with Crippen LogP contribution in [-0.4, -0.2) is 9.97 Å². The fourth-order valence-electron chi connectivity index (χ4n) is 1.44. The summed E-state index contributed by atoms with van der Waals surface area (Å²) in [4.78, 5) is 8.59. The number of aromatic nitrogens is 2. The molecule has 0 radical (unpaired) electrons. The molecule has 0 aliphatic rings. The summed E-state index contributed by atoms with van der Waals surface area (Å²) in [6, 6.07) is 2.02. The molecule has 0 unspecified atom stereocenters. The normalized spacial score (nSPS) is 10.6. The lowest BCUT2D eigenvalue weighted by Crippen LogP contribution is -2.02. The Morgan fingerprint density at radius 2 is 2.12 bits per heavy atom. The molecule has 0 bridgehead atoms. The lowest BCUT2D eigenvalue weighted by atomic mass is 10.3. The van der Waals surface area contributed by atoms with Crippen molar-refractivity contribution >= 4 is 21.7 Å². The number of anilines is 1. The minimum absolute atomic E-state index is 0.531. The van der Waals surface area contributed by atoms with Crippen LogP contribution in [0.4, 0.5) is 5.82 Å². The lowest BCUT2D eigenvalue weighted by Gasteiger charge is -2.05. The van der Waals surface area contributed by atoms with E-state index < -0.39 is 0 Å². The van der Waals surface area contributed by atoms with Gasteiger partial charge in [-0.2, -0.15) is 0 Å². The molecule has 1 N–H and O–H groups in total. The maximum Gasteiger partial charge on any atom is 0.213 e. The number of hydrogen-bond acceptors (Lipinski definition) is 4. The molecular formula is C12H14BrN3O. The largest absolute Gasteiger partial charge is 0.444 e. The zero-order chi connectivity index (χ0) is 12.4. The Morgan fingerprint density at radius 1 is 1.35 bits per heavy atom. The number of nitrogens with one attached hydrogen (secondary N) is 1. The fraction of sp³-hybridized carbons (Fsp3) is 0.333. The number of pyridine rings is 1. The van der Waals surface area contributed by atoms with Crippen molar-refractivity contribution < 1.29 is 4.42 Å². The van der Waals surface area contributed by atoms with Crippen LogP contribution in [0.15, 0.2) is 21.2 Å². The standard InChI is InChI=1S/C12H14BrN3O/c1-7-4-10(13)12(14-5-7)15-6-11-16-8(2)9(3)17-11/h4-5H,6H2,1-3H3,(H,14,15). The average molecular weight is 296 g/mol. The van der Waals surface area contributed by atoms with Crippen LogP contribution in [0.1, 0.15) is 22.9 Å². The summed E-state index contributed by atoms with van der Waals surface area (Å²) < 4.78 is 6.43. The van der Waals surface area contributed by atoms with Gasteiger partial charge in [-0.3, -0.25) is 0 Å². The molecule has 0 amide bonds. The van der Waals surface area contributed by atoms with E-state index in [0.29, 0.717) is 12.4 Å². The summed E-state index contributed by atoms with van der Waals surface area (Å²) >= 11 is 3.46. The Hall–Kier alpha value is -1.36. The predicted octanol–water partition coefficient (Wildman–Crippen LogP) is 3.37. The molecule has 0 aliphatic heterocycles. The maximum atomic E-state index is 5.48. The van der Waals surface area contributed by atoms with E-state index in [4.69, 9.17) is 4.42 Å². The smallest absolute Gasteiger partial charge is 0.213 e. The molecular weight excluding hydrogens is 282 g/mol. The van der Waals surface area contributed by atoms with E-state index >= 15 is 0 Å². The monoisotopic (exact) mass is 295 g/mol. The minimum Gasteiger partial charge on any atom is -0.444 e. The van der Waals surface area contributed by atoms with Crippen molar-refractivity contribution in [2.45, 2.75) is 27.3 Å². The molecule has 90 valence electrons. The molecule has 0 aromatic carbocycles. The fourth-order valence-corrected chi connectivity index (χ4v) is 2.04. The van der Waals surface area contributed by atoms with E-state index in [1.807, 2.05) is 33.0 Å². The van der Waals surface area contributed by atoms with Gasteiger partial charge in [-0.15, -0.1) is 0 Å².